The Kier molecular flexibility index (Phi) is 4.88. The average molecular weight is 288 g/mol. The molecular formula is C16H20N2O3. The van der Waals surface area contributed by atoms with E-state index in [9.17, 15) is 15.0 Å². The number of rotatable bonds is 5. The maximum Gasteiger partial charge on any atom is 0.216 e. The number of aliphatic hydroxyl groups excluding tert-OH is 2. The summed E-state index contributed by atoms with van der Waals surface area (Å²) in [6.45, 7) is 3.63. The summed E-state index contributed by atoms with van der Waals surface area (Å²) in [5.41, 5.74) is 2.35. The number of fused-ring (bicyclic) bond motifs is 1. The molecule has 0 aliphatic heterocycles. The maximum atomic E-state index is 10.8. The first-order chi connectivity index (χ1) is 10.0. The van der Waals surface area contributed by atoms with E-state index in [0.29, 0.717) is 18.5 Å². The molecule has 0 aliphatic rings. The fraction of sp³-hybridized carbons (Fsp3) is 0.375. The van der Waals surface area contributed by atoms with Gasteiger partial charge in [-0.2, -0.15) is 0 Å². The van der Waals surface area contributed by atoms with Gasteiger partial charge in [-0.3, -0.25) is 9.78 Å². The molecule has 0 spiro atoms. The Labute approximate surface area is 123 Å². The van der Waals surface area contributed by atoms with E-state index < -0.39 is 12.2 Å². The molecule has 3 N–H and O–H groups in total. The number of nitrogens with zero attached hydrogens (tertiary/aromatic N) is 1. The lowest BCUT2D eigenvalue weighted by Crippen LogP contribution is -2.28. The number of nitrogens with one attached hydrogen (secondary N) is 1. The van der Waals surface area contributed by atoms with E-state index in [-0.39, 0.29) is 5.91 Å². The second-order valence-electron chi connectivity index (χ2n) is 5.14. The summed E-state index contributed by atoms with van der Waals surface area (Å²) < 4.78 is 0. The van der Waals surface area contributed by atoms with Crippen LogP contribution in [0.3, 0.4) is 0 Å². The van der Waals surface area contributed by atoms with E-state index in [2.05, 4.69) is 10.3 Å². The van der Waals surface area contributed by atoms with Crippen LogP contribution in [0.25, 0.3) is 10.9 Å². The summed E-state index contributed by atoms with van der Waals surface area (Å²) in [5.74, 6) is -0.150. The summed E-state index contributed by atoms with van der Waals surface area (Å²) in [6.07, 6.45) is 0.0703. The number of carbonyl (C=O) groups is 1. The number of hydrogen-bond donors (Lipinski definition) is 3. The van der Waals surface area contributed by atoms with Crippen LogP contribution < -0.4 is 5.32 Å². The van der Waals surface area contributed by atoms with Gasteiger partial charge in [0.05, 0.1) is 11.6 Å². The van der Waals surface area contributed by atoms with E-state index in [1.165, 1.54) is 6.92 Å². The van der Waals surface area contributed by atoms with Crippen LogP contribution in [0.4, 0.5) is 0 Å². The highest BCUT2D eigenvalue weighted by Crippen LogP contribution is 2.27. The molecule has 112 valence electrons. The number of aliphatic hydroxyl groups is 2. The van der Waals surface area contributed by atoms with Gasteiger partial charge in [-0.05, 0) is 30.5 Å². The molecule has 2 aromatic rings. The van der Waals surface area contributed by atoms with E-state index in [1.807, 2.05) is 31.2 Å². The molecule has 1 aromatic heterocycles. The zero-order valence-corrected chi connectivity index (χ0v) is 12.2. The van der Waals surface area contributed by atoms with Crippen LogP contribution in [0, 0.1) is 6.92 Å². The molecular weight excluding hydrogens is 268 g/mol. The van der Waals surface area contributed by atoms with Crippen LogP contribution in [0.15, 0.2) is 30.5 Å². The monoisotopic (exact) mass is 288 g/mol. The first-order valence-corrected chi connectivity index (χ1v) is 6.95. The van der Waals surface area contributed by atoms with Gasteiger partial charge >= 0.3 is 0 Å². The molecule has 21 heavy (non-hydrogen) atoms. The van der Waals surface area contributed by atoms with Crippen molar-refractivity contribution < 1.29 is 15.0 Å². The van der Waals surface area contributed by atoms with E-state index in [0.717, 1.165) is 16.5 Å². The molecule has 0 saturated carbocycles. The number of benzene rings is 1. The zero-order valence-electron chi connectivity index (χ0n) is 12.2. The van der Waals surface area contributed by atoms with Crippen LogP contribution in [-0.2, 0) is 4.79 Å². The van der Waals surface area contributed by atoms with Crippen molar-refractivity contribution in [3.8, 4) is 0 Å². The highest BCUT2D eigenvalue weighted by Gasteiger charge is 2.21. The first-order valence-electron chi connectivity index (χ1n) is 6.95. The van der Waals surface area contributed by atoms with E-state index in [1.54, 1.807) is 6.20 Å². The highest BCUT2D eigenvalue weighted by molar-refractivity contribution is 5.82. The molecule has 2 atom stereocenters. The van der Waals surface area contributed by atoms with Gasteiger partial charge in [-0.25, -0.2) is 0 Å². The third kappa shape index (κ3) is 3.56. The lowest BCUT2D eigenvalue weighted by Gasteiger charge is -2.20. The topological polar surface area (TPSA) is 82.5 Å². The molecule has 0 saturated heterocycles. The van der Waals surface area contributed by atoms with Crippen LogP contribution >= 0.6 is 0 Å². The molecule has 1 heterocycles. The summed E-state index contributed by atoms with van der Waals surface area (Å²) in [5, 5.41) is 24.0. The summed E-state index contributed by atoms with van der Waals surface area (Å²) in [7, 11) is 0. The van der Waals surface area contributed by atoms with Crippen LogP contribution in [0.5, 0.6) is 0 Å². The highest BCUT2D eigenvalue weighted by atomic mass is 16.3. The third-order valence-corrected chi connectivity index (χ3v) is 3.57. The fourth-order valence-electron chi connectivity index (χ4n) is 2.39. The minimum absolute atomic E-state index is 0.150. The quantitative estimate of drug-likeness (QED) is 0.778. The van der Waals surface area contributed by atoms with Gasteiger partial charge < -0.3 is 15.5 Å². The third-order valence-electron chi connectivity index (χ3n) is 3.57. The predicted molar refractivity (Wildman–Crippen MR) is 80.7 cm³/mol. The smallest absolute Gasteiger partial charge is 0.216 e. The normalized spacial score (nSPS) is 13.9. The summed E-state index contributed by atoms with van der Waals surface area (Å²) in [6, 6.07) is 7.51. The second-order valence-corrected chi connectivity index (χ2v) is 5.14. The number of aryl methyl sites for hydroxylation is 1. The summed E-state index contributed by atoms with van der Waals surface area (Å²) >= 11 is 0. The first kappa shape index (κ1) is 15.4. The van der Waals surface area contributed by atoms with Gasteiger partial charge in [-0.15, -0.1) is 0 Å². The minimum atomic E-state index is -0.995. The van der Waals surface area contributed by atoms with Crippen LogP contribution in [0.1, 0.15) is 30.6 Å². The number of aromatic nitrogens is 1. The Balaban J connectivity index is 2.17. The molecule has 2 unspecified atom stereocenters. The van der Waals surface area contributed by atoms with Gasteiger partial charge in [0, 0.05) is 25.1 Å². The molecule has 0 bridgehead atoms. The van der Waals surface area contributed by atoms with Crippen molar-refractivity contribution in [3.05, 3.63) is 41.6 Å². The average Bonchev–Trinajstić information content (AvgIpc) is 2.47. The minimum Gasteiger partial charge on any atom is -0.390 e. The van der Waals surface area contributed by atoms with Crippen molar-refractivity contribution in [3.63, 3.8) is 0 Å². The van der Waals surface area contributed by atoms with Crippen molar-refractivity contribution in [1.29, 1.82) is 0 Å². The Hall–Kier alpha value is -1.98. The van der Waals surface area contributed by atoms with Gasteiger partial charge in [-0.1, -0.05) is 18.2 Å². The number of amides is 1. The lowest BCUT2D eigenvalue weighted by atomic mass is 9.95. The Morgan fingerprint density at radius 2 is 2.10 bits per heavy atom. The molecule has 5 heteroatoms. The summed E-state index contributed by atoms with van der Waals surface area (Å²) in [4.78, 5) is 15.1. The van der Waals surface area contributed by atoms with Crippen molar-refractivity contribution in [2.24, 2.45) is 0 Å². The molecule has 5 nitrogen and oxygen atoms in total. The van der Waals surface area contributed by atoms with Gasteiger partial charge in [0.25, 0.3) is 0 Å². The predicted octanol–water partition coefficient (Wildman–Crippen LogP) is 1.46. The largest absolute Gasteiger partial charge is 0.390 e. The maximum absolute atomic E-state index is 10.8. The van der Waals surface area contributed by atoms with Crippen molar-refractivity contribution in [2.75, 3.05) is 6.54 Å². The lowest BCUT2D eigenvalue weighted by molar-refractivity contribution is -0.119. The van der Waals surface area contributed by atoms with Crippen LogP contribution in [-0.4, -0.2) is 33.8 Å². The number of pyridine rings is 1. The molecule has 1 amide bonds. The molecule has 1 aromatic carbocycles. The van der Waals surface area contributed by atoms with Gasteiger partial charge in [0.15, 0.2) is 0 Å². The SMILES string of the molecule is CC(=O)NCCC(O)C(O)c1ccc2cccnc2c1C. The molecule has 0 aliphatic carbocycles. The Morgan fingerprint density at radius 1 is 1.33 bits per heavy atom. The fourth-order valence-corrected chi connectivity index (χ4v) is 2.39. The Morgan fingerprint density at radius 3 is 2.81 bits per heavy atom. The Bertz CT molecular complexity index is 642. The molecule has 2 rings (SSSR count). The van der Waals surface area contributed by atoms with Gasteiger partial charge in [0.1, 0.15) is 6.10 Å². The number of carbonyl (C=O) groups excluding carboxylic acids is 1. The second kappa shape index (κ2) is 6.65. The number of hydrogen-bond acceptors (Lipinski definition) is 4. The molecule has 0 radical (unpaired) electrons. The van der Waals surface area contributed by atoms with Crippen LogP contribution in [0.2, 0.25) is 0 Å². The van der Waals surface area contributed by atoms with E-state index >= 15 is 0 Å². The van der Waals surface area contributed by atoms with Crippen molar-refractivity contribution in [2.45, 2.75) is 32.5 Å². The zero-order chi connectivity index (χ0) is 15.4. The standard InChI is InChI=1S/C16H20N2O3/c1-10-13(6-5-12-4-3-8-18-15(10)12)16(21)14(20)7-9-17-11(2)19/h3-6,8,14,16,20-21H,7,9H2,1-2H3,(H,17,19). The molecule has 0 fully saturated rings. The van der Waals surface area contributed by atoms with E-state index in [4.69, 9.17) is 0 Å². The van der Waals surface area contributed by atoms with Gasteiger partial charge in [0.2, 0.25) is 5.91 Å². The van der Waals surface area contributed by atoms with Crippen molar-refractivity contribution in [1.82, 2.24) is 10.3 Å². The van der Waals surface area contributed by atoms with Crippen molar-refractivity contribution >= 4 is 16.8 Å².